The highest BCUT2D eigenvalue weighted by Crippen LogP contribution is 2.37. The van der Waals surface area contributed by atoms with Crippen molar-refractivity contribution in [1.82, 2.24) is 10.3 Å². The molecule has 3 aromatic rings. The summed E-state index contributed by atoms with van der Waals surface area (Å²) >= 11 is 11.0. The van der Waals surface area contributed by atoms with Crippen LogP contribution in [0.1, 0.15) is 16.8 Å². The van der Waals surface area contributed by atoms with Gasteiger partial charge in [-0.2, -0.15) is 17.6 Å². The molecule has 3 rings (SSSR count). The lowest BCUT2D eigenvalue weighted by molar-refractivity contribution is -0.253. The summed E-state index contributed by atoms with van der Waals surface area (Å²) in [6.45, 7) is 0. The van der Waals surface area contributed by atoms with Gasteiger partial charge in [-0.1, -0.05) is 41.9 Å². The molecule has 0 saturated heterocycles. The third-order valence-corrected chi connectivity index (χ3v) is 5.01. The Morgan fingerprint density at radius 1 is 1.12 bits per heavy atom. The quantitative estimate of drug-likeness (QED) is 0.318. The Hall–Kier alpha value is -2.98. The van der Waals surface area contributed by atoms with Gasteiger partial charge in [-0.15, -0.1) is 0 Å². The van der Waals surface area contributed by atoms with Gasteiger partial charge in [0, 0.05) is 18.7 Å². The summed E-state index contributed by atoms with van der Waals surface area (Å²) in [6.07, 6.45) is -7.54. The Morgan fingerprint density at radius 2 is 1.82 bits per heavy atom. The van der Waals surface area contributed by atoms with Crippen molar-refractivity contribution in [1.29, 1.82) is 0 Å². The minimum Gasteiger partial charge on any atom is -0.428 e. The molecule has 0 aliphatic carbocycles. The van der Waals surface area contributed by atoms with Gasteiger partial charge in [0.15, 0.2) is 5.11 Å². The molecule has 0 amide bonds. The zero-order valence-corrected chi connectivity index (χ0v) is 18.3. The second kappa shape index (κ2) is 9.88. The molecule has 0 saturated carbocycles. The summed E-state index contributed by atoms with van der Waals surface area (Å²) < 4.78 is 71.1. The van der Waals surface area contributed by atoms with E-state index in [0.717, 1.165) is 17.7 Å². The van der Waals surface area contributed by atoms with Crippen LogP contribution in [0.3, 0.4) is 0 Å². The Balaban J connectivity index is 2.23. The van der Waals surface area contributed by atoms with Crippen molar-refractivity contribution in [2.75, 3.05) is 0 Å². The predicted molar refractivity (Wildman–Crippen MR) is 118 cm³/mol. The first-order valence-electron chi connectivity index (χ1n) is 9.41. The maximum atomic E-state index is 14.5. The third-order valence-electron chi connectivity index (χ3n) is 4.69. The number of pyridine rings is 1. The normalized spacial score (nSPS) is 13.4. The highest BCUT2D eigenvalue weighted by molar-refractivity contribution is 7.80. The van der Waals surface area contributed by atoms with E-state index in [1.165, 1.54) is 18.3 Å². The zero-order valence-electron chi connectivity index (χ0n) is 16.7. The summed E-state index contributed by atoms with van der Waals surface area (Å²) in [5.74, 6) is -1.82. The van der Waals surface area contributed by atoms with Crippen LogP contribution < -0.4 is 15.8 Å². The number of thiocarbonyl (C=S) groups is 1. The molecule has 1 atom stereocenters. The van der Waals surface area contributed by atoms with Gasteiger partial charge in [0.05, 0.1) is 10.7 Å². The monoisotopic (exact) mass is 501 g/mol. The summed E-state index contributed by atoms with van der Waals surface area (Å²) in [6, 6.07) is 14.5. The molecule has 2 aromatic carbocycles. The number of halogens is 6. The summed E-state index contributed by atoms with van der Waals surface area (Å²) in [4.78, 5) is 4.30. The molecule has 0 aliphatic heterocycles. The van der Waals surface area contributed by atoms with E-state index >= 15 is 0 Å². The SMILES string of the molecule is NC(=S)N[C@](Cc1ccccc1)(c1cc(F)cc(OC(F)(F)C(F)F)c1)c1ccc(Cl)cn1. The van der Waals surface area contributed by atoms with Crippen molar-refractivity contribution < 1.29 is 26.7 Å². The average molecular weight is 502 g/mol. The highest BCUT2D eigenvalue weighted by Gasteiger charge is 2.45. The minimum absolute atomic E-state index is 0.00837. The second-order valence-corrected chi connectivity index (χ2v) is 7.94. The summed E-state index contributed by atoms with van der Waals surface area (Å²) in [5, 5.41) is 2.99. The van der Waals surface area contributed by atoms with Crippen LogP contribution in [-0.4, -0.2) is 22.6 Å². The first kappa shape index (κ1) is 24.7. The fraction of sp³-hybridized carbons (Fsp3) is 0.182. The summed E-state index contributed by atoms with van der Waals surface area (Å²) in [5.41, 5.74) is 5.29. The van der Waals surface area contributed by atoms with Crippen LogP contribution in [0.4, 0.5) is 22.0 Å². The first-order chi connectivity index (χ1) is 15.5. The van der Waals surface area contributed by atoms with E-state index in [0.29, 0.717) is 11.1 Å². The van der Waals surface area contributed by atoms with Crippen LogP contribution in [0.15, 0.2) is 66.9 Å². The molecule has 0 fully saturated rings. The number of aromatic nitrogens is 1. The highest BCUT2D eigenvalue weighted by atomic mass is 35.5. The number of hydrogen-bond donors (Lipinski definition) is 2. The zero-order chi connectivity index (χ0) is 24.2. The Morgan fingerprint density at radius 3 is 2.39 bits per heavy atom. The van der Waals surface area contributed by atoms with Gasteiger partial charge in [0.2, 0.25) is 0 Å². The molecule has 4 nitrogen and oxygen atoms in total. The lowest BCUT2D eigenvalue weighted by Crippen LogP contribution is -2.51. The maximum absolute atomic E-state index is 14.5. The molecule has 1 heterocycles. The molecular weight excluding hydrogens is 485 g/mol. The Labute approximate surface area is 196 Å². The lowest BCUT2D eigenvalue weighted by atomic mass is 9.80. The lowest BCUT2D eigenvalue weighted by Gasteiger charge is -2.36. The number of nitrogens with zero attached hydrogens (tertiary/aromatic N) is 1. The minimum atomic E-state index is -4.83. The molecule has 174 valence electrons. The first-order valence-corrected chi connectivity index (χ1v) is 10.2. The van der Waals surface area contributed by atoms with Gasteiger partial charge in [-0.25, -0.2) is 4.39 Å². The van der Waals surface area contributed by atoms with Crippen LogP contribution in [0.2, 0.25) is 5.02 Å². The van der Waals surface area contributed by atoms with Crippen LogP contribution in [0, 0.1) is 5.82 Å². The van der Waals surface area contributed by atoms with Gasteiger partial charge >= 0.3 is 12.5 Å². The van der Waals surface area contributed by atoms with E-state index in [-0.39, 0.29) is 22.8 Å². The molecule has 11 heteroatoms. The van der Waals surface area contributed by atoms with Crippen molar-refractivity contribution in [3.05, 3.63) is 94.5 Å². The molecule has 0 aliphatic rings. The van der Waals surface area contributed by atoms with E-state index in [2.05, 4.69) is 15.0 Å². The van der Waals surface area contributed by atoms with Crippen LogP contribution >= 0.6 is 23.8 Å². The number of nitrogens with two attached hydrogens (primary N) is 1. The van der Waals surface area contributed by atoms with Gasteiger partial charge in [-0.05, 0) is 47.6 Å². The molecular formula is C22H17ClF5N3OS. The molecule has 0 unspecified atom stereocenters. The van der Waals surface area contributed by atoms with E-state index in [1.807, 2.05) is 0 Å². The number of alkyl halides is 4. The van der Waals surface area contributed by atoms with E-state index in [9.17, 15) is 22.0 Å². The van der Waals surface area contributed by atoms with E-state index in [1.54, 1.807) is 30.3 Å². The topological polar surface area (TPSA) is 60.2 Å². The van der Waals surface area contributed by atoms with Crippen molar-refractivity contribution in [3.63, 3.8) is 0 Å². The van der Waals surface area contributed by atoms with Gasteiger partial charge in [0.25, 0.3) is 0 Å². The Kier molecular flexibility index (Phi) is 7.38. The number of rotatable bonds is 8. The molecule has 3 N–H and O–H groups in total. The fourth-order valence-electron chi connectivity index (χ4n) is 3.33. The maximum Gasteiger partial charge on any atom is 0.461 e. The largest absolute Gasteiger partial charge is 0.461 e. The van der Waals surface area contributed by atoms with Gasteiger partial charge in [0.1, 0.15) is 17.1 Å². The summed E-state index contributed by atoms with van der Waals surface area (Å²) in [7, 11) is 0. The molecule has 1 aromatic heterocycles. The van der Waals surface area contributed by atoms with Gasteiger partial charge in [-0.3, -0.25) is 4.98 Å². The predicted octanol–water partition coefficient (Wildman–Crippen LogP) is 5.43. The van der Waals surface area contributed by atoms with Crippen molar-refractivity contribution in [3.8, 4) is 5.75 Å². The molecule has 0 spiro atoms. The van der Waals surface area contributed by atoms with E-state index < -0.39 is 29.6 Å². The number of ether oxygens (including phenoxy) is 1. The number of hydrogen-bond acceptors (Lipinski definition) is 3. The standard InChI is InChI=1S/C22H17ClF5N3OS/c23-15-6-7-18(30-12-15)21(31-20(29)33,11-13-4-2-1-3-5-13)14-8-16(24)10-17(9-14)32-22(27,28)19(25)26/h1-10,12,19H,11H2,(H3,29,31,33)/t21-/m1/s1. The van der Waals surface area contributed by atoms with Crippen LogP contribution in [0.5, 0.6) is 5.75 Å². The van der Waals surface area contributed by atoms with Crippen molar-refractivity contribution in [2.24, 2.45) is 5.73 Å². The second-order valence-electron chi connectivity index (χ2n) is 7.06. The van der Waals surface area contributed by atoms with Crippen LogP contribution in [-0.2, 0) is 12.0 Å². The number of benzene rings is 2. The molecule has 0 bridgehead atoms. The Bertz CT molecular complexity index is 1120. The smallest absolute Gasteiger partial charge is 0.428 e. The third kappa shape index (κ3) is 5.88. The van der Waals surface area contributed by atoms with Gasteiger partial charge < -0.3 is 15.8 Å². The fourth-order valence-corrected chi connectivity index (χ4v) is 3.62. The number of nitrogens with one attached hydrogen (secondary N) is 1. The average Bonchev–Trinajstić information content (AvgIpc) is 2.73. The molecule has 0 radical (unpaired) electrons. The van der Waals surface area contributed by atoms with Crippen molar-refractivity contribution >= 4 is 28.9 Å². The van der Waals surface area contributed by atoms with Crippen molar-refractivity contribution in [2.45, 2.75) is 24.5 Å². The molecule has 33 heavy (non-hydrogen) atoms. The van der Waals surface area contributed by atoms with Crippen LogP contribution in [0.25, 0.3) is 0 Å². The van der Waals surface area contributed by atoms with E-state index in [4.69, 9.17) is 29.6 Å².